The predicted octanol–water partition coefficient (Wildman–Crippen LogP) is 2.22. The number of thiazole rings is 1. The van der Waals surface area contributed by atoms with Gasteiger partial charge >= 0.3 is 0 Å². The van der Waals surface area contributed by atoms with E-state index in [1.54, 1.807) is 11.3 Å². The summed E-state index contributed by atoms with van der Waals surface area (Å²) < 4.78 is 0. The van der Waals surface area contributed by atoms with Crippen LogP contribution >= 0.6 is 11.3 Å². The summed E-state index contributed by atoms with van der Waals surface area (Å²) in [5.74, 6) is 0. The summed E-state index contributed by atoms with van der Waals surface area (Å²) in [6.45, 7) is 6.35. The van der Waals surface area contributed by atoms with Gasteiger partial charge in [0.05, 0.1) is 12.1 Å². The number of aliphatic hydroxyl groups is 1. The van der Waals surface area contributed by atoms with Crippen molar-refractivity contribution < 1.29 is 5.11 Å². The first-order valence-electron chi connectivity index (χ1n) is 6.07. The van der Waals surface area contributed by atoms with Gasteiger partial charge in [-0.1, -0.05) is 6.92 Å². The number of rotatable bonds is 4. The molecule has 0 bridgehead atoms. The highest BCUT2D eigenvalue weighted by atomic mass is 32.1. The van der Waals surface area contributed by atoms with Crippen LogP contribution in [0.1, 0.15) is 42.6 Å². The molecule has 2 unspecified atom stereocenters. The van der Waals surface area contributed by atoms with E-state index in [0.29, 0.717) is 6.04 Å². The number of aliphatic hydroxyl groups excluding tert-OH is 1. The van der Waals surface area contributed by atoms with Crippen molar-refractivity contribution in [3.8, 4) is 0 Å². The van der Waals surface area contributed by atoms with Crippen LogP contribution in [0.2, 0.25) is 0 Å². The molecular formula is C12H20N2OS. The van der Waals surface area contributed by atoms with Gasteiger partial charge in [-0.2, -0.15) is 0 Å². The zero-order valence-electron chi connectivity index (χ0n) is 10.0. The zero-order valence-corrected chi connectivity index (χ0v) is 10.8. The van der Waals surface area contributed by atoms with Crippen LogP contribution in [0, 0.1) is 0 Å². The average molecular weight is 240 g/mol. The molecule has 0 aromatic carbocycles. The topological polar surface area (TPSA) is 36.4 Å². The van der Waals surface area contributed by atoms with Crippen molar-refractivity contribution in [2.45, 2.75) is 45.3 Å². The van der Waals surface area contributed by atoms with E-state index < -0.39 is 0 Å². The van der Waals surface area contributed by atoms with E-state index in [9.17, 15) is 5.11 Å². The summed E-state index contributed by atoms with van der Waals surface area (Å²) in [6, 6.07) is 0.526. The predicted molar refractivity (Wildman–Crippen MR) is 66.7 cm³/mol. The number of hydrogen-bond donors (Lipinski definition) is 1. The van der Waals surface area contributed by atoms with E-state index in [0.717, 1.165) is 13.0 Å². The number of hydrogen-bond acceptors (Lipinski definition) is 4. The fourth-order valence-corrected chi connectivity index (χ4v) is 3.55. The first-order chi connectivity index (χ1) is 7.70. The molecule has 1 aliphatic heterocycles. The first kappa shape index (κ1) is 12.0. The molecule has 90 valence electrons. The van der Waals surface area contributed by atoms with Gasteiger partial charge in [0.15, 0.2) is 0 Å². The van der Waals surface area contributed by atoms with Gasteiger partial charge in [0.1, 0.15) is 5.01 Å². The second kappa shape index (κ2) is 5.25. The molecule has 0 spiro atoms. The van der Waals surface area contributed by atoms with Crippen LogP contribution < -0.4 is 0 Å². The fraction of sp³-hybridized carbons (Fsp3) is 0.750. The second-order valence-corrected chi connectivity index (χ2v) is 5.65. The van der Waals surface area contributed by atoms with Crippen molar-refractivity contribution in [1.82, 2.24) is 9.88 Å². The molecule has 1 saturated heterocycles. The summed E-state index contributed by atoms with van der Waals surface area (Å²) in [6.07, 6.45) is 4.91. The number of likely N-dealkylation sites (tertiary alicyclic amines) is 1. The normalized spacial score (nSPS) is 23.8. The largest absolute Gasteiger partial charge is 0.393 e. The van der Waals surface area contributed by atoms with Gasteiger partial charge in [-0.05, 0) is 32.9 Å². The molecular weight excluding hydrogens is 220 g/mol. The van der Waals surface area contributed by atoms with Gasteiger partial charge in [0, 0.05) is 17.5 Å². The van der Waals surface area contributed by atoms with E-state index in [2.05, 4.69) is 16.8 Å². The molecule has 1 aromatic heterocycles. The molecule has 1 N–H and O–H groups in total. The van der Waals surface area contributed by atoms with Gasteiger partial charge in [0.25, 0.3) is 0 Å². The van der Waals surface area contributed by atoms with Crippen LogP contribution in [0.15, 0.2) is 6.20 Å². The quantitative estimate of drug-likeness (QED) is 0.876. The Labute approximate surface area is 101 Å². The first-order valence-corrected chi connectivity index (χ1v) is 6.89. The maximum absolute atomic E-state index is 9.35. The van der Waals surface area contributed by atoms with Gasteiger partial charge < -0.3 is 5.11 Å². The highest BCUT2D eigenvalue weighted by molar-refractivity contribution is 7.11. The van der Waals surface area contributed by atoms with E-state index in [1.807, 2.05) is 13.1 Å². The maximum atomic E-state index is 9.35. The lowest BCUT2D eigenvalue weighted by molar-refractivity contribution is 0.196. The maximum Gasteiger partial charge on any atom is 0.110 e. The number of aromatic nitrogens is 1. The lowest BCUT2D eigenvalue weighted by Gasteiger charge is -2.20. The molecule has 1 aliphatic rings. The van der Waals surface area contributed by atoms with Gasteiger partial charge in [-0.25, -0.2) is 4.98 Å². The van der Waals surface area contributed by atoms with Crippen LogP contribution in [0.25, 0.3) is 0 Å². The standard InChI is InChI=1S/C12H20N2OS/c1-3-14-6-4-5-11(14)12-13-8-10(16-12)7-9(2)15/h8-9,11,15H,3-7H2,1-2H3. The summed E-state index contributed by atoms with van der Waals surface area (Å²) in [4.78, 5) is 8.21. The molecule has 0 amide bonds. The van der Waals surface area contributed by atoms with Gasteiger partial charge in [-0.15, -0.1) is 11.3 Å². The van der Waals surface area contributed by atoms with Crippen molar-refractivity contribution in [3.05, 3.63) is 16.1 Å². The number of nitrogens with zero attached hydrogens (tertiary/aromatic N) is 2. The molecule has 2 atom stereocenters. The Morgan fingerprint density at radius 3 is 3.19 bits per heavy atom. The van der Waals surface area contributed by atoms with Crippen molar-refractivity contribution in [1.29, 1.82) is 0 Å². The van der Waals surface area contributed by atoms with Crippen molar-refractivity contribution >= 4 is 11.3 Å². The fourth-order valence-electron chi connectivity index (χ4n) is 2.35. The molecule has 16 heavy (non-hydrogen) atoms. The molecule has 2 heterocycles. The Morgan fingerprint density at radius 2 is 2.50 bits per heavy atom. The van der Waals surface area contributed by atoms with E-state index in [-0.39, 0.29) is 6.10 Å². The molecule has 0 saturated carbocycles. The van der Waals surface area contributed by atoms with Crippen molar-refractivity contribution in [2.24, 2.45) is 0 Å². The summed E-state index contributed by atoms with van der Waals surface area (Å²) in [7, 11) is 0. The molecule has 2 rings (SSSR count). The zero-order chi connectivity index (χ0) is 11.5. The highest BCUT2D eigenvalue weighted by Gasteiger charge is 2.26. The van der Waals surface area contributed by atoms with Crippen molar-refractivity contribution in [3.63, 3.8) is 0 Å². The van der Waals surface area contributed by atoms with Gasteiger partial charge in [-0.3, -0.25) is 4.90 Å². The van der Waals surface area contributed by atoms with Crippen LogP contribution in [0.4, 0.5) is 0 Å². The minimum absolute atomic E-state index is 0.265. The van der Waals surface area contributed by atoms with Crippen LogP contribution in [-0.2, 0) is 6.42 Å². The second-order valence-electron chi connectivity index (χ2n) is 4.50. The molecule has 4 heteroatoms. The average Bonchev–Trinajstić information content (AvgIpc) is 2.83. The third kappa shape index (κ3) is 2.62. The van der Waals surface area contributed by atoms with E-state index in [1.165, 1.54) is 29.3 Å². The SMILES string of the molecule is CCN1CCCC1c1ncc(CC(C)O)s1. The minimum atomic E-state index is -0.265. The Hall–Kier alpha value is -0.450. The Balaban J connectivity index is 2.06. The monoisotopic (exact) mass is 240 g/mol. The summed E-state index contributed by atoms with van der Waals surface area (Å²) in [5, 5.41) is 10.6. The summed E-state index contributed by atoms with van der Waals surface area (Å²) in [5.41, 5.74) is 0. The minimum Gasteiger partial charge on any atom is -0.393 e. The molecule has 1 fully saturated rings. The van der Waals surface area contributed by atoms with E-state index in [4.69, 9.17) is 0 Å². The third-order valence-electron chi connectivity index (χ3n) is 3.12. The Bertz CT molecular complexity index is 338. The molecule has 1 aromatic rings. The van der Waals surface area contributed by atoms with Crippen LogP contribution in [-0.4, -0.2) is 34.2 Å². The smallest absolute Gasteiger partial charge is 0.110 e. The molecule has 0 aliphatic carbocycles. The summed E-state index contributed by atoms with van der Waals surface area (Å²) >= 11 is 1.76. The molecule has 3 nitrogen and oxygen atoms in total. The van der Waals surface area contributed by atoms with Crippen molar-refractivity contribution in [2.75, 3.05) is 13.1 Å². The van der Waals surface area contributed by atoms with E-state index >= 15 is 0 Å². The molecule has 0 radical (unpaired) electrons. The lowest BCUT2D eigenvalue weighted by Crippen LogP contribution is -2.22. The van der Waals surface area contributed by atoms with Crippen LogP contribution in [0.5, 0.6) is 0 Å². The van der Waals surface area contributed by atoms with Gasteiger partial charge in [0.2, 0.25) is 0 Å². The Morgan fingerprint density at radius 1 is 1.69 bits per heavy atom. The van der Waals surface area contributed by atoms with Crippen LogP contribution in [0.3, 0.4) is 0 Å². The third-order valence-corrected chi connectivity index (χ3v) is 4.24. The highest BCUT2D eigenvalue weighted by Crippen LogP contribution is 2.34. The Kier molecular flexibility index (Phi) is 3.95. The lowest BCUT2D eigenvalue weighted by atomic mass is 10.2.